The van der Waals surface area contributed by atoms with Crippen LogP contribution in [0.3, 0.4) is 0 Å². The zero-order valence-electron chi connectivity index (χ0n) is 21.2. The number of aromatic amines is 1. The maximum Gasteiger partial charge on any atom is 0.247 e. The maximum atomic E-state index is 13.5. The molecule has 1 unspecified atom stereocenters. The number of benzene rings is 1. The van der Waals surface area contributed by atoms with E-state index in [2.05, 4.69) is 26.1 Å². The SMILES string of the molecule is O=C(NC(=NC1CCCCN(CC(=O)N2CCCC2)C1=O)Nc1ccc2cn[nH]c2c1)C1CCNCC1. The van der Waals surface area contributed by atoms with Gasteiger partial charge >= 0.3 is 0 Å². The van der Waals surface area contributed by atoms with Gasteiger partial charge in [0.15, 0.2) is 0 Å². The summed E-state index contributed by atoms with van der Waals surface area (Å²) in [6, 6.07) is 5.04. The third-order valence-corrected chi connectivity index (χ3v) is 7.48. The minimum atomic E-state index is -0.666. The Kier molecular flexibility index (Phi) is 7.98. The summed E-state index contributed by atoms with van der Waals surface area (Å²) in [6.45, 7) is 3.77. The Hall–Kier alpha value is -3.47. The number of likely N-dealkylation sites (tertiary alicyclic amines) is 2. The molecule has 11 nitrogen and oxygen atoms in total. The smallest absolute Gasteiger partial charge is 0.247 e. The molecule has 3 aliphatic rings. The van der Waals surface area contributed by atoms with Gasteiger partial charge in [-0.15, -0.1) is 0 Å². The number of carbonyl (C=O) groups excluding carboxylic acids is 3. The van der Waals surface area contributed by atoms with Gasteiger partial charge in [-0.3, -0.25) is 24.8 Å². The summed E-state index contributed by atoms with van der Waals surface area (Å²) < 4.78 is 0. The predicted octanol–water partition coefficient (Wildman–Crippen LogP) is 1.45. The highest BCUT2D eigenvalue weighted by Gasteiger charge is 2.31. The number of rotatable bonds is 5. The number of aromatic nitrogens is 2. The van der Waals surface area contributed by atoms with Gasteiger partial charge in [-0.25, -0.2) is 4.99 Å². The largest absolute Gasteiger partial charge is 0.341 e. The number of H-pyrrole nitrogens is 1. The lowest BCUT2D eigenvalue weighted by Gasteiger charge is -2.26. The number of hydrogen-bond acceptors (Lipinski definition) is 6. The van der Waals surface area contributed by atoms with Crippen molar-refractivity contribution in [1.29, 1.82) is 0 Å². The Morgan fingerprint density at radius 2 is 1.84 bits per heavy atom. The Bertz CT molecular complexity index is 1150. The van der Waals surface area contributed by atoms with E-state index >= 15 is 0 Å². The first-order valence-electron chi connectivity index (χ1n) is 13.4. The van der Waals surface area contributed by atoms with Crippen molar-refractivity contribution in [3.63, 3.8) is 0 Å². The van der Waals surface area contributed by atoms with Crippen LogP contribution in [0.25, 0.3) is 10.9 Å². The second kappa shape index (κ2) is 11.7. The summed E-state index contributed by atoms with van der Waals surface area (Å²) in [6.07, 6.45) is 7.51. The number of aliphatic imine (C=N–C) groups is 1. The summed E-state index contributed by atoms with van der Waals surface area (Å²) >= 11 is 0. The maximum absolute atomic E-state index is 13.5. The second-order valence-corrected chi connectivity index (χ2v) is 10.1. The number of piperidine rings is 1. The Morgan fingerprint density at radius 1 is 1.05 bits per heavy atom. The summed E-state index contributed by atoms with van der Waals surface area (Å²) in [4.78, 5) is 47.6. The molecule has 0 saturated carbocycles. The van der Waals surface area contributed by atoms with Crippen LogP contribution in [0.5, 0.6) is 0 Å². The second-order valence-electron chi connectivity index (χ2n) is 10.1. The van der Waals surface area contributed by atoms with Crippen LogP contribution in [-0.2, 0) is 14.4 Å². The number of nitrogens with one attached hydrogen (secondary N) is 4. The van der Waals surface area contributed by atoms with Crippen LogP contribution < -0.4 is 16.0 Å². The number of guanidine groups is 1. The van der Waals surface area contributed by atoms with Gasteiger partial charge in [0.2, 0.25) is 23.7 Å². The molecule has 3 aliphatic heterocycles. The zero-order valence-corrected chi connectivity index (χ0v) is 21.2. The molecule has 4 N–H and O–H groups in total. The summed E-state index contributed by atoms with van der Waals surface area (Å²) in [5.74, 6) is -0.112. The molecule has 0 bridgehead atoms. The van der Waals surface area contributed by atoms with Gasteiger partial charge in [-0.2, -0.15) is 5.10 Å². The van der Waals surface area contributed by atoms with Crippen molar-refractivity contribution in [3.8, 4) is 0 Å². The molecule has 1 aromatic carbocycles. The number of anilines is 1. The first kappa shape index (κ1) is 25.2. The van der Waals surface area contributed by atoms with Gasteiger partial charge in [-0.1, -0.05) is 0 Å². The number of hydrogen-bond donors (Lipinski definition) is 4. The molecular weight excluding hydrogens is 472 g/mol. The molecule has 3 amide bonds. The number of carbonyl (C=O) groups is 3. The van der Waals surface area contributed by atoms with Crippen molar-refractivity contribution in [2.75, 3.05) is 44.6 Å². The average Bonchev–Trinajstić information content (AvgIpc) is 3.59. The summed E-state index contributed by atoms with van der Waals surface area (Å²) in [5.41, 5.74) is 1.58. The Balaban J connectivity index is 1.35. The predicted molar refractivity (Wildman–Crippen MR) is 141 cm³/mol. The standard InChI is InChI=1S/C26H36N8O3/c35-23(33-12-3-4-13-33)17-34-14-2-1-5-21(25(34)37)30-26(31-24(36)18-8-10-27-11-9-18)29-20-7-6-19-16-28-32-22(19)15-20/h6-7,15-16,18,21,27H,1-5,8-14,17H2,(H,28,32)(H2,29,30,31,36). The third-order valence-electron chi connectivity index (χ3n) is 7.48. The molecule has 11 heteroatoms. The number of fused-ring (bicyclic) bond motifs is 1. The minimum Gasteiger partial charge on any atom is -0.341 e. The molecule has 5 rings (SSSR count). The van der Waals surface area contributed by atoms with E-state index in [0.717, 1.165) is 81.3 Å². The van der Waals surface area contributed by atoms with Gasteiger partial charge < -0.3 is 20.4 Å². The van der Waals surface area contributed by atoms with Crippen molar-refractivity contribution in [2.45, 2.75) is 51.0 Å². The Morgan fingerprint density at radius 3 is 2.65 bits per heavy atom. The highest BCUT2D eigenvalue weighted by Crippen LogP contribution is 2.20. The van der Waals surface area contributed by atoms with Crippen LogP contribution in [0, 0.1) is 5.92 Å². The molecular formula is C26H36N8O3. The van der Waals surface area contributed by atoms with Crippen LogP contribution in [0.1, 0.15) is 44.9 Å². The average molecular weight is 509 g/mol. The summed E-state index contributed by atoms with van der Waals surface area (Å²) in [7, 11) is 0. The zero-order chi connectivity index (χ0) is 25.6. The van der Waals surface area contributed by atoms with E-state index in [1.165, 1.54) is 0 Å². The van der Waals surface area contributed by atoms with E-state index < -0.39 is 6.04 Å². The molecule has 0 radical (unpaired) electrons. The van der Waals surface area contributed by atoms with Crippen LogP contribution in [-0.4, -0.2) is 89.0 Å². The van der Waals surface area contributed by atoms with Gasteiger partial charge in [0.25, 0.3) is 0 Å². The molecule has 4 heterocycles. The van der Waals surface area contributed by atoms with E-state index in [4.69, 9.17) is 4.99 Å². The Labute approximate surface area is 216 Å². The van der Waals surface area contributed by atoms with Crippen molar-refractivity contribution in [3.05, 3.63) is 24.4 Å². The molecule has 0 spiro atoms. The molecule has 0 aliphatic carbocycles. The van der Waals surface area contributed by atoms with Gasteiger partial charge in [0, 0.05) is 36.6 Å². The minimum absolute atomic E-state index is 0.000832. The quantitative estimate of drug-likeness (QED) is 0.357. The highest BCUT2D eigenvalue weighted by atomic mass is 16.2. The van der Waals surface area contributed by atoms with E-state index in [9.17, 15) is 14.4 Å². The van der Waals surface area contributed by atoms with Gasteiger partial charge in [-0.05, 0) is 76.2 Å². The van der Waals surface area contributed by atoms with Crippen LogP contribution in [0.2, 0.25) is 0 Å². The van der Waals surface area contributed by atoms with Crippen LogP contribution in [0.4, 0.5) is 5.69 Å². The van der Waals surface area contributed by atoms with Crippen molar-refractivity contribution >= 4 is 40.3 Å². The van der Waals surface area contributed by atoms with Crippen molar-refractivity contribution in [1.82, 2.24) is 30.6 Å². The lowest BCUT2D eigenvalue weighted by Crippen LogP contribution is -2.46. The van der Waals surface area contributed by atoms with E-state index in [1.807, 2.05) is 23.1 Å². The van der Waals surface area contributed by atoms with E-state index in [0.29, 0.717) is 13.0 Å². The molecule has 37 heavy (non-hydrogen) atoms. The lowest BCUT2D eigenvalue weighted by molar-refractivity contribution is -0.140. The van der Waals surface area contributed by atoms with Gasteiger partial charge in [0.05, 0.1) is 18.3 Å². The van der Waals surface area contributed by atoms with Crippen molar-refractivity contribution < 1.29 is 14.4 Å². The fraction of sp³-hybridized carbons (Fsp3) is 0.577. The first-order chi connectivity index (χ1) is 18.1. The first-order valence-corrected chi connectivity index (χ1v) is 13.4. The fourth-order valence-electron chi connectivity index (χ4n) is 5.30. The number of nitrogens with zero attached hydrogens (tertiary/aromatic N) is 4. The molecule has 2 aromatic rings. The molecule has 1 atom stereocenters. The summed E-state index contributed by atoms with van der Waals surface area (Å²) in [5, 5.41) is 17.5. The third kappa shape index (κ3) is 6.27. The normalized spacial score (nSPS) is 21.8. The fourth-order valence-corrected chi connectivity index (χ4v) is 5.30. The molecule has 3 fully saturated rings. The monoisotopic (exact) mass is 508 g/mol. The topological polar surface area (TPSA) is 135 Å². The van der Waals surface area contributed by atoms with Gasteiger partial charge in [0.1, 0.15) is 6.04 Å². The molecule has 3 saturated heterocycles. The van der Waals surface area contributed by atoms with E-state index in [-0.39, 0.29) is 36.1 Å². The van der Waals surface area contributed by atoms with Crippen LogP contribution in [0.15, 0.2) is 29.4 Å². The highest BCUT2D eigenvalue weighted by molar-refractivity contribution is 6.06. The van der Waals surface area contributed by atoms with Crippen LogP contribution >= 0.6 is 0 Å². The molecule has 1 aromatic heterocycles. The lowest BCUT2D eigenvalue weighted by atomic mass is 9.97. The van der Waals surface area contributed by atoms with Crippen molar-refractivity contribution in [2.24, 2.45) is 10.9 Å². The molecule has 198 valence electrons. The number of amides is 3. The van der Waals surface area contributed by atoms with E-state index in [1.54, 1.807) is 11.1 Å².